The molecule has 0 aliphatic carbocycles. The van der Waals surface area contributed by atoms with Crippen LogP contribution in [0, 0.1) is 0 Å². The van der Waals surface area contributed by atoms with E-state index in [0.717, 1.165) is 0 Å². The number of nitrogens with two attached hydrogens (primary N) is 1. The average Bonchev–Trinajstić information content (AvgIpc) is 2.82. The maximum atomic E-state index is 11.7. The number of hydrogen-bond donors (Lipinski definition) is 3. The number of nitrogens with zero attached hydrogens (tertiary/aromatic N) is 1. The van der Waals surface area contributed by atoms with Crippen LogP contribution in [0.15, 0.2) is 22.9 Å². The van der Waals surface area contributed by atoms with Gasteiger partial charge in [-0.25, -0.2) is 4.79 Å². The topological polar surface area (TPSA) is 113 Å². The zero-order chi connectivity index (χ0) is 14.4. The maximum absolute atomic E-state index is 11.7. The van der Waals surface area contributed by atoms with E-state index in [4.69, 9.17) is 5.73 Å². The molecule has 3 rings (SSSR count). The van der Waals surface area contributed by atoms with Crippen molar-refractivity contribution in [2.45, 2.75) is 17.8 Å². The number of β-lactam (4-membered cyclic amide) rings is 1. The fourth-order valence-corrected chi connectivity index (χ4v) is 3.79. The lowest BCUT2D eigenvalue weighted by atomic mass is 10.0. The zero-order valence-electron chi connectivity index (χ0n) is 10.5. The van der Waals surface area contributed by atoms with Crippen molar-refractivity contribution in [1.29, 1.82) is 0 Å². The molecule has 0 aromatic rings. The first-order chi connectivity index (χ1) is 9.50. The van der Waals surface area contributed by atoms with Crippen molar-refractivity contribution in [2.75, 3.05) is 12.3 Å². The van der Waals surface area contributed by atoms with Gasteiger partial charge < -0.3 is 16.2 Å². The lowest BCUT2D eigenvalue weighted by Crippen LogP contribution is -2.68. The van der Waals surface area contributed by atoms with Crippen molar-refractivity contribution >= 4 is 29.5 Å². The standard InChI is InChI=1S/C12H13N3O4S/c13-7-10(17)15-8(12(18)19)6(4-20-11(7)15)3-5-1-2-14-9(5)16/h3,7,11H,1-2,4,13H2,(H,14,16)(H,18,19)/b5-3+/t7-,11-/m1/s1. The van der Waals surface area contributed by atoms with Gasteiger partial charge in [-0.1, -0.05) is 0 Å². The van der Waals surface area contributed by atoms with Gasteiger partial charge in [0, 0.05) is 17.9 Å². The van der Waals surface area contributed by atoms with Crippen molar-refractivity contribution in [3.8, 4) is 0 Å². The number of aliphatic carboxylic acids is 1. The van der Waals surface area contributed by atoms with Gasteiger partial charge in [0.25, 0.3) is 0 Å². The number of carbonyl (C=O) groups is 3. The van der Waals surface area contributed by atoms with E-state index in [1.165, 1.54) is 16.7 Å². The van der Waals surface area contributed by atoms with Crippen LogP contribution in [0.5, 0.6) is 0 Å². The quantitative estimate of drug-likeness (QED) is 0.445. The van der Waals surface area contributed by atoms with Crippen LogP contribution in [0.3, 0.4) is 0 Å². The van der Waals surface area contributed by atoms with Gasteiger partial charge in [-0.3, -0.25) is 14.5 Å². The Bertz CT molecular complexity index is 583. The largest absolute Gasteiger partial charge is 0.477 e. The Hall–Kier alpha value is -1.80. The number of hydrogen-bond acceptors (Lipinski definition) is 5. The third-order valence-corrected chi connectivity index (χ3v) is 4.88. The Balaban J connectivity index is 2.00. The third-order valence-electron chi connectivity index (χ3n) is 3.56. The molecule has 0 radical (unpaired) electrons. The Morgan fingerprint density at radius 1 is 1.50 bits per heavy atom. The number of carboxylic acids is 1. The second kappa shape index (κ2) is 4.64. The lowest BCUT2D eigenvalue weighted by Gasteiger charge is -2.47. The number of amides is 2. The van der Waals surface area contributed by atoms with Gasteiger partial charge in [0.1, 0.15) is 17.1 Å². The number of allylic oxidation sites excluding steroid dienone is 1. The van der Waals surface area contributed by atoms with Crippen LogP contribution in [0.4, 0.5) is 0 Å². The molecule has 0 saturated carbocycles. The Labute approximate surface area is 118 Å². The number of carbonyl (C=O) groups excluding carboxylic acids is 2. The predicted molar refractivity (Wildman–Crippen MR) is 71.4 cm³/mol. The predicted octanol–water partition coefficient (Wildman–Crippen LogP) is -0.986. The molecule has 8 heteroatoms. The highest BCUT2D eigenvalue weighted by atomic mass is 32.2. The minimum Gasteiger partial charge on any atom is -0.477 e. The second-order valence-corrected chi connectivity index (χ2v) is 5.90. The van der Waals surface area contributed by atoms with E-state index in [1.54, 1.807) is 6.08 Å². The summed E-state index contributed by atoms with van der Waals surface area (Å²) in [6.45, 7) is 0.559. The van der Waals surface area contributed by atoms with Crippen LogP contribution in [-0.2, 0) is 14.4 Å². The molecule has 0 spiro atoms. The molecule has 7 nitrogen and oxygen atoms in total. The van der Waals surface area contributed by atoms with Crippen LogP contribution in [0.1, 0.15) is 6.42 Å². The van der Waals surface area contributed by atoms with E-state index >= 15 is 0 Å². The van der Waals surface area contributed by atoms with Crippen LogP contribution < -0.4 is 11.1 Å². The molecule has 2 atom stereocenters. The van der Waals surface area contributed by atoms with Crippen LogP contribution in [0.25, 0.3) is 0 Å². The van der Waals surface area contributed by atoms with E-state index in [-0.39, 0.29) is 22.9 Å². The fraction of sp³-hybridized carbons (Fsp3) is 0.417. The molecular formula is C12H13N3O4S. The van der Waals surface area contributed by atoms with E-state index < -0.39 is 12.0 Å². The summed E-state index contributed by atoms with van der Waals surface area (Å²) in [5.41, 5.74) is 6.66. The minimum absolute atomic E-state index is 0.0485. The second-order valence-electron chi connectivity index (χ2n) is 4.79. The van der Waals surface area contributed by atoms with Crippen molar-refractivity contribution in [2.24, 2.45) is 5.73 Å². The van der Waals surface area contributed by atoms with Gasteiger partial charge in [0.2, 0.25) is 11.8 Å². The average molecular weight is 295 g/mol. The van der Waals surface area contributed by atoms with E-state index in [2.05, 4.69) is 5.32 Å². The van der Waals surface area contributed by atoms with Crippen molar-refractivity contribution in [1.82, 2.24) is 10.2 Å². The number of carboxylic acid groups (broad SMARTS) is 1. The molecule has 2 fully saturated rings. The van der Waals surface area contributed by atoms with Gasteiger partial charge in [-0.05, 0) is 18.1 Å². The summed E-state index contributed by atoms with van der Waals surface area (Å²) in [4.78, 5) is 35.9. The molecule has 106 valence electrons. The Kier molecular flexibility index (Phi) is 3.06. The molecular weight excluding hydrogens is 282 g/mol. The highest BCUT2D eigenvalue weighted by Crippen LogP contribution is 2.40. The van der Waals surface area contributed by atoms with Crippen molar-refractivity contribution < 1.29 is 19.5 Å². The summed E-state index contributed by atoms with van der Waals surface area (Å²) < 4.78 is 0. The Morgan fingerprint density at radius 2 is 2.25 bits per heavy atom. The van der Waals surface area contributed by atoms with E-state index in [9.17, 15) is 19.5 Å². The molecule has 2 amide bonds. The maximum Gasteiger partial charge on any atom is 0.352 e. The molecule has 0 aromatic heterocycles. The SMILES string of the molecule is N[C@@H]1C(=O)N2C(C(=O)O)=C(/C=C3\CCNC3=O)CS[C@H]12. The van der Waals surface area contributed by atoms with Gasteiger partial charge in [-0.15, -0.1) is 11.8 Å². The summed E-state index contributed by atoms with van der Waals surface area (Å²) in [6.07, 6.45) is 2.16. The Morgan fingerprint density at radius 3 is 2.85 bits per heavy atom. The summed E-state index contributed by atoms with van der Waals surface area (Å²) in [6, 6.07) is -0.640. The highest BCUT2D eigenvalue weighted by Gasteiger charge is 2.51. The molecule has 0 unspecified atom stereocenters. The molecule has 3 aliphatic heterocycles. The molecule has 4 N–H and O–H groups in total. The monoisotopic (exact) mass is 295 g/mol. The number of thioether (sulfide) groups is 1. The number of nitrogens with one attached hydrogen (secondary N) is 1. The molecule has 0 aromatic carbocycles. The van der Waals surface area contributed by atoms with Crippen molar-refractivity contribution in [3.63, 3.8) is 0 Å². The zero-order valence-corrected chi connectivity index (χ0v) is 11.3. The first-order valence-corrected chi connectivity index (χ1v) is 7.21. The normalized spacial score (nSPS) is 31.2. The summed E-state index contributed by atoms with van der Waals surface area (Å²) in [5.74, 6) is -1.30. The molecule has 3 aliphatic rings. The minimum atomic E-state index is -1.17. The summed E-state index contributed by atoms with van der Waals surface area (Å²) in [5, 5.41) is 11.7. The third kappa shape index (κ3) is 1.83. The van der Waals surface area contributed by atoms with Crippen molar-refractivity contribution in [3.05, 3.63) is 22.9 Å². The molecule has 0 bridgehead atoms. The molecule has 20 heavy (non-hydrogen) atoms. The fourth-order valence-electron chi connectivity index (χ4n) is 2.54. The van der Waals surface area contributed by atoms with Crippen LogP contribution in [-0.4, -0.2) is 51.5 Å². The number of fused-ring (bicyclic) bond motifs is 1. The van der Waals surface area contributed by atoms with Gasteiger partial charge in [0.15, 0.2) is 0 Å². The van der Waals surface area contributed by atoms with Crippen LogP contribution in [0.2, 0.25) is 0 Å². The first kappa shape index (κ1) is 13.2. The molecule has 3 heterocycles. The number of rotatable bonds is 2. The van der Waals surface area contributed by atoms with Gasteiger partial charge in [-0.2, -0.15) is 0 Å². The van der Waals surface area contributed by atoms with Gasteiger partial charge >= 0.3 is 5.97 Å². The van der Waals surface area contributed by atoms with Gasteiger partial charge in [0.05, 0.1) is 0 Å². The van der Waals surface area contributed by atoms with E-state index in [1.807, 2.05) is 0 Å². The molecule has 2 saturated heterocycles. The smallest absolute Gasteiger partial charge is 0.352 e. The van der Waals surface area contributed by atoms with Crippen LogP contribution >= 0.6 is 11.8 Å². The summed E-state index contributed by atoms with van der Waals surface area (Å²) >= 11 is 1.42. The lowest BCUT2D eigenvalue weighted by molar-refractivity contribution is -0.147. The first-order valence-electron chi connectivity index (χ1n) is 6.16. The summed E-state index contributed by atoms with van der Waals surface area (Å²) in [7, 11) is 0. The van der Waals surface area contributed by atoms with E-state index in [0.29, 0.717) is 29.9 Å². The highest BCUT2D eigenvalue weighted by molar-refractivity contribution is 8.00.